The van der Waals surface area contributed by atoms with Gasteiger partial charge in [-0.15, -0.1) is 0 Å². The van der Waals surface area contributed by atoms with Crippen LogP contribution in [0.1, 0.15) is 31.4 Å². The van der Waals surface area contributed by atoms with E-state index in [1.807, 2.05) is 0 Å². The minimum Gasteiger partial charge on any atom is -0.0730 e. The van der Waals surface area contributed by atoms with Crippen molar-refractivity contribution in [2.24, 2.45) is 5.92 Å². The fraction of sp³-hybridized carbons (Fsp3) is 0.273. The Labute approximate surface area is 141 Å². The van der Waals surface area contributed by atoms with Gasteiger partial charge in [0.1, 0.15) is 0 Å². The first-order valence-electron chi connectivity index (χ1n) is 8.35. The van der Waals surface area contributed by atoms with Crippen molar-refractivity contribution in [3.05, 3.63) is 82.7 Å². The molecule has 1 aliphatic carbocycles. The van der Waals surface area contributed by atoms with Crippen molar-refractivity contribution in [3.63, 3.8) is 0 Å². The molecule has 1 aliphatic rings. The Balaban J connectivity index is 2.14. The lowest BCUT2D eigenvalue weighted by Crippen LogP contribution is -2.15. The van der Waals surface area contributed by atoms with Gasteiger partial charge in [0.05, 0.1) is 0 Å². The molecule has 0 aliphatic heterocycles. The average Bonchev–Trinajstić information content (AvgIpc) is 2.46. The minimum atomic E-state index is -0.470. The molecule has 2 aromatic rings. The van der Waals surface area contributed by atoms with E-state index < -0.39 is 7.92 Å². The van der Waals surface area contributed by atoms with Crippen LogP contribution in [0.4, 0.5) is 0 Å². The van der Waals surface area contributed by atoms with Gasteiger partial charge in [0, 0.05) is 0 Å². The van der Waals surface area contributed by atoms with Crippen LogP contribution in [-0.4, -0.2) is 0 Å². The molecule has 0 N–H and O–H groups in total. The van der Waals surface area contributed by atoms with E-state index in [0.29, 0.717) is 5.92 Å². The molecule has 0 radical (unpaired) electrons. The van der Waals surface area contributed by atoms with Gasteiger partial charge in [-0.3, -0.25) is 0 Å². The molecule has 0 spiro atoms. The minimum absolute atomic E-state index is 0.470. The van der Waals surface area contributed by atoms with Gasteiger partial charge in [-0.25, -0.2) is 0 Å². The molecule has 2 aromatic carbocycles. The maximum absolute atomic E-state index is 2.49. The Morgan fingerprint density at radius 1 is 0.870 bits per heavy atom. The molecule has 0 heterocycles. The molecule has 0 aromatic heterocycles. The largest absolute Gasteiger partial charge is 0.0730 e. The molecular weight excluding hydrogens is 295 g/mol. The van der Waals surface area contributed by atoms with Gasteiger partial charge in [-0.1, -0.05) is 84.3 Å². The highest BCUT2D eigenvalue weighted by molar-refractivity contribution is 7.77. The summed E-state index contributed by atoms with van der Waals surface area (Å²) in [6.07, 6.45) is 6.11. The molecule has 0 saturated heterocycles. The first-order chi connectivity index (χ1) is 11.0. The first kappa shape index (κ1) is 16.2. The highest BCUT2D eigenvalue weighted by atomic mass is 31.1. The van der Waals surface area contributed by atoms with Gasteiger partial charge in [-0.2, -0.15) is 0 Å². The molecule has 0 bridgehead atoms. The number of hydrogen-bond donors (Lipinski definition) is 0. The topological polar surface area (TPSA) is 0 Å². The first-order valence-corrected chi connectivity index (χ1v) is 9.69. The van der Waals surface area contributed by atoms with Crippen LogP contribution in [-0.2, 0) is 0 Å². The zero-order chi connectivity index (χ0) is 16.4. The normalized spacial score (nSPS) is 17.9. The highest BCUT2D eigenvalue weighted by Crippen LogP contribution is 2.46. The van der Waals surface area contributed by atoms with Crippen molar-refractivity contribution < 1.29 is 0 Å². The van der Waals surface area contributed by atoms with E-state index in [2.05, 4.69) is 88.4 Å². The van der Waals surface area contributed by atoms with Crippen LogP contribution in [0.15, 0.2) is 71.6 Å². The molecule has 0 amide bonds. The summed E-state index contributed by atoms with van der Waals surface area (Å²) >= 11 is 0. The molecule has 1 atom stereocenters. The molecule has 0 fully saturated rings. The number of aryl methyl sites for hydroxylation is 2. The SMILES string of the molecule is CC1=CC(P(c2cccc(C)c2)c2cccc(C)c2)=CC(C)C1. The van der Waals surface area contributed by atoms with Crippen LogP contribution >= 0.6 is 7.92 Å². The third-order valence-electron chi connectivity index (χ3n) is 4.27. The van der Waals surface area contributed by atoms with Crippen LogP contribution < -0.4 is 10.6 Å². The van der Waals surface area contributed by atoms with Crippen LogP contribution in [0.5, 0.6) is 0 Å². The van der Waals surface area contributed by atoms with E-state index in [1.54, 1.807) is 0 Å². The van der Waals surface area contributed by atoms with Crippen molar-refractivity contribution in [1.82, 2.24) is 0 Å². The van der Waals surface area contributed by atoms with Gasteiger partial charge in [0.25, 0.3) is 0 Å². The van der Waals surface area contributed by atoms with Crippen LogP contribution in [0.3, 0.4) is 0 Å². The van der Waals surface area contributed by atoms with Crippen LogP contribution in [0.2, 0.25) is 0 Å². The van der Waals surface area contributed by atoms with E-state index in [1.165, 1.54) is 39.0 Å². The van der Waals surface area contributed by atoms with E-state index in [-0.39, 0.29) is 0 Å². The Bertz CT molecular complexity index is 722. The Kier molecular flexibility index (Phi) is 4.83. The maximum Gasteiger partial charge on any atom is -0.0137 e. The summed E-state index contributed by atoms with van der Waals surface area (Å²) in [6.45, 7) is 8.97. The van der Waals surface area contributed by atoms with Gasteiger partial charge in [0.15, 0.2) is 0 Å². The summed E-state index contributed by atoms with van der Waals surface area (Å²) in [5.41, 5.74) is 4.18. The van der Waals surface area contributed by atoms with Crippen molar-refractivity contribution in [1.29, 1.82) is 0 Å². The summed E-state index contributed by atoms with van der Waals surface area (Å²) in [5.74, 6) is 0.634. The van der Waals surface area contributed by atoms with E-state index in [9.17, 15) is 0 Å². The summed E-state index contributed by atoms with van der Waals surface area (Å²) < 4.78 is 0. The highest BCUT2D eigenvalue weighted by Gasteiger charge is 2.21. The third-order valence-corrected chi connectivity index (χ3v) is 6.66. The van der Waals surface area contributed by atoms with E-state index in [4.69, 9.17) is 0 Å². The summed E-state index contributed by atoms with van der Waals surface area (Å²) in [7, 11) is -0.470. The summed E-state index contributed by atoms with van der Waals surface area (Å²) in [6, 6.07) is 18.1. The van der Waals surface area contributed by atoms with Gasteiger partial charge >= 0.3 is 0 Å². The van der Waals surface area contributed by atoms with Crippen LogP contribution in [0, 0.1) is 19.8 Å². The third kappa shape index (κ3) is 3.82. The fourth-order valence-electron chi connectivity index (χ4n) is 3.34. The standard InChI is InChI=1S/C22H25P/c1-16-7-5-9-20(12-16)23(21-10-6-8-17(2)13-21)22-14-18(3)11-19(4)15-22/h5-10,12-15,18H,11H2,1-4H3. The molecule has 118 valence electrons. The Morgan fingerprint density at radius 3 is 1.91 bits per heavy atom. The maximum atomic E-state index is 2.49. The number of benzene rings is 2. The van der Waals surface area contributed by atoms with Crippen molar-refractivity contribution >= 4 is 18.5 Å². The lowest BCUT2D eigenvalue weighted by Gasteiger charge is -2.25. The predicted molar refractivity (Wildman–Crippen MR) is 104 cm³/mol. The number of hydrogen-bond acceptors (Lipinski definition) is 0. The van der Waals surface area contributed by atoms with Crippen LogP contribution in [0.25, 0.3) is 0 Å². The van der Waals surface area contributed by atoms with Crippen molar-refractivity contribution in [2.75, 3.05) is 0 Å². The summed E-state index contributed by atoms with van der Waals surface area (Å²) in [4.78, 5) is 0. The lowest BCUT2D eigenvalue weighted by molar-refractivity contribution is 0.705. The van der Waals surface area contributed by atoms with Crippen molar-refractivity contribution in [3.8, 4) is 0 Å². The van der Waals surface area contributed by atoms with E-state index >= 15 is 0 Å². The monoisotopic (exact) mass is 320 g/mol. The predicted octanol–water partition coefficient (Wildman–Crippen LogP) is 5.61. The van der Waals surface area contributed by atoms with Crippen molar-refractivity contribution in [2.45, 2.75) is 34.1 Å². The molecule has 23 heavy (non-hydrogen) atoms. The number of allylic oxidation sites excluding steroid dienone is 4. The lowest BCUT2D eigenvalue weighted by atomic mass is 9.97. The second-order valence-corrected chi connectivity index (χ2v) is 9.00. The van der Waals surface area contributed by atoms with Gasteiger partial charge in [0.2, 0.25) is 0 Å². The zero-order valence-corrected chi connectivity index (χ0v) is 15.4. The Morgan fingerprint density at radius 2 is 1.43 bits per heavy atom. The van der Waals surface area contributed by atoms with Gasteiger partial charge < -0.3 is 0 Å². The second kappa shape index (κ2) is 6.85. The molecule has 3 rings (SSSR count). The van der Waals surface area contributed by atoms with Gasteiger partial charge in [-0.05, 0) is 57.0 Å². The second-order valence-electron chi connectivity index (χ2n) is 6.78. The smallest absolute Gasteiger partial charge is 0.0137 e. The number of rotatable bonds is 3. The summed E-state index contributed by atoms with van der Waals surface area (Å²) in [5, 5.41) is 4.41. The molecular formula is C22H25P. The average molecular weight is 320 g/mol. The quantitative estimate of drug-likeness (QED) is 0.645. The molecule has 0 saturated carbocycles. The molecule has 0 nitrogen and oxygen atoms in total. The molecule has 1 heteroatoms. The molecule has 1 unspecified atom stereocenters. The van der Waals surface area contributed by atoms with E-state index in [0.717, 1.165) is 0 Å². The zero-order valence-electron chi connectivity index (χ0n) is 14.5. The Hall–Kier alpha value is -1.65. The fourth-order valence-corrected chi connectivity index (χ4v) is 6.12.